The van der Waals surface area contributed by atoms with Crippen LogP contribution in [0.5, 0.6) is 0 Å². The molecule has 0 aliphatic rings. The van der Waals surface area contributed by atoms with E-state index >= 15 is 0 Å². The third kappa shape index (κ3) is 4.03. The highest BCUT2D eigenvalue weighted by atomic mass is 32.2. The number of carbonyl (C=O) groups is 1. The molecule has 0 radical (unpaired) electrons. The molecule has 0 fully saturated rings. The molecule has 0 aliphatic carbocycles. The van der Waals surface area contributed by atoms with Gasteiger partial charge in [0.2, 0.25) is 0 Å². The second-order valence-electron chi connectivity index (χ2n) is 5.63. The van der Waals surface area contributed by atoms with E-state index in [9.17, 15) is 14.0 Å². The van der Waals surface area contributed by atoms with Crippen LogP contribution in [0.3, 0.4) is 0 Å². The second-order valence-corrected chi connectivity index (χ2v) is 6.48. The molecular weight excluding hydrogens is 351 g/mol. The Morgan fingerprint density at radius 1 is 1.08 bits per heavy atom. The number of hydrogen-bond donors (Lipinski definition) is 1. The molecule has 0 saturated heterocycles. The fourth-order valence-corrected chi connectivity index (χ4v) is 3.10. The first-order chi connectivity index (χ1) is 12.6. The summed E-state index contributed by atoms with van der Waals surface area (Å²) in [7, 11) is 0. The van der Waals surface area contributed by atoms with Crippen molar-refractivity contribution >= 4 is 23.4 Å². The smallest absolute Gasteiger partial charge is 0.257 e. The van der Waals surface area contributed by atoms with Gasteiger partial charge in [0.1, 0.15) is 5.82 Å². The lowest BCUT2D eigenvalue weighted by molar-refractivity contribution is 0.102. The summed E-state index contributed by atoms with van der Waals surface area (Å²) in [5.41, 5.74) is 1.13. The third-order valence-corrected chi connectivity index (χ3v) is 4.70. The predicted molar refractivity (Wildman–Crippen MR) is 102 cm³/mol. The van der Waals surface area contributed by atoms with Crippen LogP contribution in [0.1, 0.15) is 15.9 Å². The molecule has 0 atom stereocenters. The Labute approximate surface area is 154 Å². The zero-order valence-electron chi connectivity index (χ0n) is 14.1. The molecule has 3 aromatic rings. The minimum atomic E-state index is -0.386. The number of para-hydroxylation sites is 1. The van der Waals surface area contributed by atoms with Gasteiger partial charge in [-0.2, -0.15) is 0 Å². The molecule has 1 aromatic heterocycles. The Kier molecular flexibility index (Phi) is 5.53. The third-order valence-electron chi connectivity index (χ3n) is 3.90. The maximum absolute atomic E-state index is 13.8. The van der Waals surface area contributed by atoms with Gasteiger partial charge in [0.15, 0.2) is 0 Å². The number of nitrogens with one attached hydrogen (secondary N) is 1. The lowest BCUT2D eigenvalue weighted by Gasteiger charge is -2.11. The van der Waals surface area contributed by atoms with E-state index in [1.54, 1.807) is 18.2 Å². The average Bonchev–Trinajstić information content (AvgIpc) is 2.65. The number of anilines is 1. The quantitative estimate of drug-likeness (QED) is 0.693. The van der Waals surface area contributed by atoms with E-state index in [-0.39, 0.29) is 23.8 Å². The van der Waals surface area contributed by atoms with Crippen LogP contribution in [0.4, 0.5) is 10.1 Å². The Morgan fingerprint density at radius 2 is 1.81 bits per heavy atom. The summed E-state index contributed by atoms with van der Waals surface area (Å²) in [5, 5.41) is 2.85. The summed E-state index contributed by atoms with van der Waals surface area (Å²) in [4.78, 5) is 25.6. The normalized spacial score (nSPS) is 10.5. The molecule has 26 heavy (non-hydrogen) atoms. The molecule has 6 heteroatoms. The summed E-state index contributed by atoms with van der Waals surface area (Å²) in [6, 6.07) is 16.5. The molecule has 1 heterocycles. The predicted octanol–water partition coefficient (Wildman–Crippen LogP) is 4.01. The maximum Gasteiger partial charge on any atom is 0.257 e. The Morgan fingerprint density at radius 3 is 2.58 bits per heavy atom. The second kappa shape index (κ2) is 8.01. The Hall–Kier alpha value is -2.86. The SMILES string of the molecule is CSc1ccccc1NC(=O)c1ccc(=O)n(Cc2ccccc2F)c1. The highest BCUT2D eigenvalue weighted by Crippen LogP contribution is 2.25. The molecule has 132 valence electrons. The van der Waals surface area contributed by atoms with Crippen molar-refractivity contribution in [3.8, 4) is 0 Å². The number of halogens is 1. The van der Waals surface area contributed by atoms with E-state index in [4.69, 9.17) is 0 Å². The molecule has 2 aromatic carbocycles. The van der Waals surface area contributed by atoms with Crippen LogP contribution in [0.15, 0.2) is 76.6 Å². The molecule has 1 N–H and O–H groups in total. The summed E-state index contributed by atoms with van der Waals surface area (Å²) in [6.45, 7) is 0.0635. The molecule has 3 rings (SSSR count). The van der Waals surface area contributed by atoms with Gasteiger partial charge in [-0.15, -0.1) is 11.8 Å². The van der Waals surface area contributed by atoms with Gasteiger partial charge in [-0.1, -0.05) is 30.3 Å². The van der Waals surface area contributed by atoms with Crippen molar-refractivity contribution in [2.45, 2.75) is 11.4 Å². The van der Waals surface area contributed by atoms with E-state index in [1.807, 2.05) is 30.5 Å². The van der Waals surface area contributed by atoms with Crippen molar-refractivity contribution in [3.05, 3.63) is 94.2 Å². The number of hydrogen-bond acceptors (Lipinski definition) is 3. The molecule has 0 unspecified atom stereocenters. The van der Waals surface area contributed by atoms with Crippen molar-refractivity contribution in [3.63, 3.8) is 0 Å². The largest absolute Gasteiger partial charge is 0.321 e. The summed E-state index contributed by atoms with van der Waals surface area (Å²) < 4.78 is 15.2. The van der Waals surface area contributed by atoms with Gasteiger partial charge in [0.05, 0.1) is 17.8 Å². The fourth-order valence-electron chi connectivity index (χ4n) is 2.54. The number of amides is 1. The van der Waals surface area contributed by atoms with Crippen molar-refractivity contribution in [1.29, 1.82) is 0 Å². The topological polar surface area (TPSA) is 51.1 Å². The highest BCUT2D eigenvalue weighted by Gasteiger charge is 2.11. The Balaban J connectivity index is 1.86. The first-order valence-corrected chi connectivity index (χ1v) is 9.19. The van der Waals surface area contributed by atoms with Gasteiger partial charge in [-0.3, -0.25) is 9.59 Å². The van der Waals surface area contributed by atoms with Gasteiger partial charge in [-0.05, 0) is 30.5 Å². The summed E-state index contributed by atoms with van der Waals surface area (Å²) in [6.07, 6.45) is 3.38. The number of carbonyl (C=O) groups excluding carboxylic acids is 1. The zero-order valence-corrected chi connectivity index (χ0v) is 14.9. The van der Waals surface area contributed by atoms with Gasteiger partial charge < -0.3 is 9.88 Å². The fraction of sp³-hybridized carbons (Fsp3) is 0.100. The van der Waals surface area contributed by atoms with Crippen molar-refractivity contribution in [2.24, 2.45) is 0 Å². The first-order valence-electron chi connectivity index (χ1n) is 7.97. The molecule has 0 saturated carbocycles. The standard InChI is InChI=1S/C20H17FN2O2S/c1-26-18-9-5-4-8-17(18)22-20(25)15-10-11-19(24)23(13-15)12-14-6-2-3-7-16(14)21/h2-11,13H,12H2,1H3,(H,22,25). The number of benzene rings is 2. The van der Waals surface area contributed by atoms with Gasteiger partial charge in [0, 0.05) is 22.7 Å². The van der Waals surface area contributed by atoms with Gasteiger partial charge >= 0.3 is 0 Å². The van der Waals surface area contributed by atoms with E-state index < -0.39 is 0 Å². The van der Waals surface area contributed by atoms with Crippen LogP contribution in [-0.4, -0.2) is 16.7 Å². The molecule has 4 nitrogen and oxygen atoms in total. The molecule has 0 bridgehead atoms. The summed E-state index contributed by atoms with van der Waals surface area (Å²) >= 11 is 1.53. The number of rotatable bonds is 5. The average molecular weight is 368 g/mol. The monoisotopic (exact) mass is 368 g/mol. The highest BCUT2D eigenvalue weighted by molar-refractivity contribution is 7.98. The zero-order chi connectivity index (χ0) is 18.5. The first kappa shape index (κ1) is 17.9. The minimum absolute atomic E-state index is 0.0635. The number of aromatic nitrogens is 1. The molecule has 1 amide bonds. The maximum atomic E-state index is 13.8. The molecule has 0 spiro atoms. The lowest BCUT2D eigenvalue weighted by atomic mass is 10.2. The number of nitrogens with zero attached hydrogens (tertiary/aromatic N) is 1. The van der Waals surface area contributed by atoms with E-state index in [0.717, 1.165) is 4.90 Å². The van der Waals surface area contributed by atoms with Crippen LogP contribution in [0, 0.1) is 5.82 Å². The number of thioether (sulfide) groups is 1. The summed E-state index contributed by atoms with van der Waals surface area (Å²) in [5.74, 6) is -0.711. The van der Waals surface area contributed by atoms with Crippen molar-refractivity contribution in [2.75, 3.05) is 11.6 Å². The van der Waals surface area contributed by atoms with E-state index in [1.165, 1.54) is 40.7 Å². The minimum Gasteiger partial charge on any atom is -0.321 e. The lowest BCUT2D eigenvalue weighted by Crippen LogP contribution is -2.23. The van der Waals surface area contributed by atoms with Crippen LogP contribution in [-0.2, 0) is 6.54 Å². The van der Waals surface area contributed by atoms with Crippen LogP contribution < -0.4 is 10.9 Å². The van der Waals surface area contributed by atoms with Crippen LogP contribution in [0.25, 0.3) is 0 Å². The van der Waals surface area contributed by atoms with Crippen LogP contribution in [0.2, 0.25) is 0 Å². The van der Waals surface area contributed by atoms with Gasteiger partial charge in [-0.25, -0.2) is 4.39 Å². The Bertz CT molecular complexity index is 1000. The van der Waals surface area contributed by atoms with E-state index in [2.05, 4.69) is 5.32 Å². The van der Waals surface area contributed by atoms with Crippen molar-refractivity contribution in [1.82, 2.24) is 4.57 Å². The number of pyridine rings is 1. The van der Waals surface area contributed by atoms with Crippen molar-refractivity contribution < 1.29 is 9.18 Å². The molecule has 0 aliphatic heterocycles. The van der Waals surface area contributed by atoms with Crippen LogP contribution >= 0.6 is 11.8 Å². The van der Waals surface area contributed by atoms with Gasteiger partial charge in [0.25, 0.3) is 11.5 Å². The van der Waals surface area contributed by atoms with E-state index in [0.29, 0.717) is 16.8 Å². The molecular formula is C20H17FN2O2S.